The van der Waals surface area contributed by atoms with Crippen LogP contribution < -0.4 is 15.8 Å². The molecule has 176 valence electrons. The summed E-state index contributed by atoms with van der Waals surface area (Å²) in [6.45, 7) is 6.33. The summed E-state index contributed by atoms with van der Waals surface area (Å²) in [5.41, 5.74) is 8.96. The maximum atomic E-state index is 12.2. The molecule has 0 spiro atoms. The van der Waals surface area contributed by atoms with Crippen LogP contribution in [0.1, 0.15) is 23.6 Å². The van der Waals surface area contributed by atoms with Crippen molar-refractivity contribution in [2.24, 2.45) is 10.7 Å². The van der Waals surface area contributed by atoms with Crippen LogP contribution in [0, 0.1) is 0 Å². The van der Waals surface area contributed by atoms with Crippen LogP contribution in [-0.4, -0.2) is 43.0 Å². The molecule has 1 aliphatic heterocycles. The number of nitrogens with one attached hydrogen (secondary N) is 1. The highest BCUT2D eigenvalue weighted by molar-refractivity contribution is 14.0. The van der Waals surface area contributed by atoms with Gasteiger partial charge < -0.3 is 20.5 Å². The second kappa shape index (κ2) is 12.3. The summed E-state index contributed by atoms with van der Waals surface area (Å²) in [5, 5.41) is 2.96. The van der Waals surface area contributed by atoms with Crippen LogP contribution in [-0.2, 0) is 24.4 Å². The number of hydrogen-bond donors (Lipinski definition) is 2. The summed E-state index contributed by atoms with van der Waals surface area (Å²) in [5.74, 6) is 0.00679. The number of nitrogens with two attached hydrogens (primary N) is 1. The average Bonchev–Trinajstić information content (AvgIpc) is 2.71. The lowest BCUT2D eigenvalue weighted by Gasteiger charge is -2.31. The molecule has 2 aromatic carbocycles. The molecule has 3 N–H and O–H groups in total. The number of benzene rings is 2. The summed E-state index contributed by atoms with van der Waals surface area (Å²) in [4.78, 5) is 6.72. The van der Waals surface area contributed by atoms with Crippen molar-refractivity contribution < 1.29 is 22.6 Å². The number of rotatable bonds is 7. The Balaban J connectivity index is 0.00000363. The summed E-state index contributed by atoms with van der Waals surface area (Å²) in [6.07, 6.45) is -4.45. The molecule has 0 amide bonds. The van der Waals surface area contributed by atoms with Crippen LogP contribution in [0.2, 0.25) is 0 Å². The van der Waals surface area contributed by atoms with E-state index in [1.807, 2.05) is 12.1 Å². The summed E-state index contributed by atoms with van der Waals surface area (Å²) >= 11 is 0. The maximum Gasteiger partial charge on any atom is 0.573 e. The minimum absolute atomic E-state index is 0. The Labute approximate surface area is 203 Å². The Morgan fingerprint density at radius 2 is 1.91 bits per heavy atom. The second-order valence-electron chi connectivity index (χ2n) is 7.48. The third kappa shape index (κ3) is 9.21. The Kier molecular flexibility index (Phi) is 10.0. The van der Waals surface area contributed by atoms with Gasteiger partial charge in [-0.05, 0) is 35.7 Å². The van der Waals surface area contributed by atoms with Gasteiger partial charge in [0, 0.05) is 26.2 Å². The van der Waals surface area contributed by atoms with Gasteiger partial charge in [-0.25, -0.2) is 4.99 Å². The molecule has 0 bridgehead atoms. The third-order valence-corrected chi connectivity index (χ3v) is 4.79. The lowest BCUT2D eigenvalue weighted by Crippen LogP contribution is -2.40. The van der Waals surface area contributed by atoms with Gasteiger partial charge in [0.25, 0.3) is 0 Å². The number of guanidine groups is 1. The molecule has 1 unspecified atom stereocenters. The van der Waals surface area contributed by atoms with Crippen molar-refractivity contribution in [1.29, 1.82) is 0 Å². The van der Waals surface area contributed by atoms with Gasteiger partial charge in [-0.1, -0.05) is 36.4 Å². The van der Waals surface area contributed by atoms with Gasteiger partial charge in [-0.2, -0.15) is 0 Å². The van der Waals surface area contributed by atoms with Crippen LogP contribution in [0.3, 0.4) is 0 Å². The van der Waals surface area contributed by atoms with E-state index < -0.39 is 6.36 Å². The molecule has 0 aliphatic carbocycles. The van der Waals surface area contributed by atoms with E-state index in [1.165, 1.54) is 29.8 Å². The molecule has 2 aromatic rings. The van der Waals surface area contributed by atoms with Gasteiger partial charge in [0.2, 0.25) is 0 Å². The summed E-state index contributed by atoms with van der Waals surface area (Å²) in [7, 11) is 0. The third-order valence-electron chi connectivity index (χ3n) is 4.79. The number of morpholine rings is 1. The van der Waals surface area contributed by atoms with Crippen molar-refractivity contribution >= 4 is 29.9 Å². The first-order valence-corrected chi connectivity index (χ1v) is 10.1. The van der Waals surface area contributed by atoms with E-state index in [-0.39, 0.29) is 41.8 Å². The maximum absolute atomic E-state index is 12.2. The Bertz CT molecular complexity index is 878. The van der Waals surface area contributed by atoms with Crippen molar-refractivity contribution in [3.63, 3.8) is 0 Å². The molecule has 32 heavy (non-hydrogen) atoms. The van der Waals surface area contributed by atoms with Crippen LogP contribution in [0.15, 0.2) is 53.5 Å². The fourth-order valence-electron chi connectivity index (χ4n) is 3.35. The van der Waals surface area contributed by atoms with Crippen molar-refractivity contribution in [3.05, 3.63) is 65.2 Å². The zero-order valence-electron chi connectivity index (χ0n) is 17.8. The molecule has 1 aliphatic rings. The molecule has 0 saturated carbocycles. The van der Waals surface area contributed by atoms with E-state index >= 15 is 0 Å². The Morgan fingerprint density at radius 1 is 1.19 bits per heavy atom. The fraction of sp³-hybridized carbons (Fsp3) is 0.409. The molecule has 1 atom stereocenters. The number of nitrogens with zero attached hydrogens (tertiary/aromatic N) is 2. The quantitative estimate of drug-likeness (QED) is 0.302. The lowest BCUT2D eigenvalue weighted by molar-refractivity contribution is -0.274. The normalized spacial score (nSPS) is 17.5. The van der Waals surface area contributed by atoms with Crippen LogP contribution in [0.25, 0.3) is 0 Å². The van der Waals surface area contributed by atoms with E-state index in [0.29, 0.717) is 13.1 Å². The van der Waals surface area contributed by atoms with Crippen LogP contribution in [0.5, 0.6) is 5.75 Å². The molecular weight excluding hydrogens is 536 g/mol. The molecule has 0 aromatic heterocycles. The molecule has 3 rings (SSSR count). The Morgan fingerprint density at radius 3 is 2.59 bits per heavy atom. The van der Waals surface area contributed by atoms with Crippen molar-refractivity contribution in [3.8, 4) is 5.75 Å². The molecule has 1 saturated heterocycles. The number of hydrogen-bond acceptors (Lipinski definition) is 4. The highest BCUT2D eigenvalue weighted by Gasteiger charge is 2.30. The van der Waals surface area contributed by atoms with E-state index in [0.717, 1.165) is 37.4 Å². The highest BCUT2D eigenvalue weighted by Crippen LogP contribution is 2.22. The molecule has 1 heterocycles. The molecular formula is C22H28F3IN4O2. The van der Waals surface area contributed by atoms with Gasteiger partial charge in [-0.3, -0.25) is 4.90 Å². The molecule has 1 fully saturated rings. The van der Waals surface area contributed by atoms with Gasteiger partial charge >= 0.3 is 6.36 Å². The van der Waals surface area contributed by atoms with Crippen molar-refractivity contribution in [1.82, 2.24) is 10.2 Å². The minimum atomic E-state index is -4.70. The van der Waals surface area contributed by atoms with Gasteiger partial charge in [0.05, 0.1) is 19.3 Å². The van der Waals surface area contributed by atoms with Crippen LogP contribution >= 0.6 is 24.0 Å². The second-order valence-corrected chi connectivity index (χ2v) is 7.48. The van der Waals surface area contributed by atoms with Crippen molar-refractivity contribution in [2.45, 2.75) is 39.0 Å². The van der Waals surface area contributed by atoms with E-state index in [2.05, 4.69) is 39.0 Å². The number of alkyl halides is 3. The zero-order chi connectivity index (χ0) is 22.3. The lowest BCUT2D eigenvalue weighted by atomic mass is 10.1. The standard InChI is InChI=1S/C22H27F3N4O2.HI/c1-16-14-29(9-10-30-16)15-19-4-2-3-18(11-19)13-28-21(26)27-12-17-5-7-20(8-6-17)31-22(23,24)25;/h2-8,11,16H,9-10,12-15H2,1H3,(H3,26,27,28);1H. The minimum Gasteiger partial charge on any atom is -0.406 e. The summed E-state index contributed by atoms with van der Waals surface area (Å²) < 4.78 is 46.0. The average molecular weight is 564 g/mol. The number of aliphatic imine (C=N–C) groups is 1. The largest absolute Gasteiger partial charge is 0.573 e. The predicted molar refractivity (Wildman–Crippen MR) is 128 cm³/mol. The smallest absolute Gasteiger partial charge is 0.406 e. The van der Waals surface area contributed by atoms with Crippen LogP contribution in [0.4, 0.5) is 13.2 Å². The highest BCUT2D eigenvalue weighted by atomic mass is 127. The number of halogens is 4. The topological polar surface area (TPSA) is 72.1 Å². The summed E-state index contributed by atoms with van der Waals surface area (Å²) in [6, 6.07) is 13.8. The van der Waals surface area contributed by atoms with E-state index in [4.69, 9.17) is 10.5 Å². The van der Waals surface area contributed by atoms with Gasteiger partial charge in [0.15, 0.2) is 5.96 Å². The van der Waals surface area contributed by atoms with E-state index in [9.17, 15) is 13.2 Å². The van der Waals surface area contributed by atoms with Gasteiger partial charge in [-0.15, -0.1) is 37.1 Å². The van der Waals surface area contributed by atoms with Gasteiger partial charge in [0.1, 0.15) is 5.75 Å². The SMILES string of the molecule is CC1CN(Cc2cccc(CN=C(N)NCc3ccc(OC(F)(F)F)cc3)c2)CCO1.I. The number of ether oxygens (including phenoxy) is 2. The Hall–Kier alpha value is -2.05. The first kappa shape index (κ1) is 26.2. The molecule has 0 radical (unpaired) electrons. The first-order chi connectivity index (χ1) is 14.8. The fourth-order valence-corrected chi connectivity index (χ4v) is 3.35. The monoisotopic (exact) mass is 564 g/mol. The predicted octanol–water partition coefficient (Wildman–Crippen LogP) is 4.03. The zero-order valence-corrected chi connectivity index (χ0v) is 20.1. The first-order valence-electron chi connectivity index (χ1n) is 10.1. The van der Waals surface area contributed by atoms with E-state index in [1.54, 1.807) is 0 Å². The molecule has 10 heteroatoms. The van der Waals surface area contributed by atoms with Crippen molar-refractivity contribution in [2.75, 3.05) is 19.7 Å². The molecule has 6 nitrogen and oxygen atoms in total.